The molecule has 2 heterocycles. The Kier molecular flexibility index (Phi) is 5.91. The van der Waals surface area contributed by atoms with Gasteiger partial charge >= 0.3 is 5.69 Å². The predicted octanol–water partition coefficient (Wildman–Crippen LogP) is -1.14. The van der Waals surface area contributed by atoms with Crippen molar-refractivity contribution in [3.8, 4) is 11.5 Å². The number of halogens is 1. The van der Waals surface area contributed by atoms with E-state index in [1.165, 1.54) is 4.57 Å². The lowest BCUT2D eigenvalue weighted by Gasteiger charge is -2.25. The van der Waals surface area contributed by atoms with Crippen molar-refractivity contribution in [1.29, 1.82) is 0 Å². The minimum Gasteiger partial charge on any atom is -0.394 e. The number of nitrogens with zero attached hydrogens (tertiary/aromatic N) is 3. The lowest BCUT2D eigenvalue weighted by molar-refractivity contribution is -0.0802. The van der Waals surface area contributed by atoms with Crippen LogP contribution in [0.4, 0.5) is 0 Å². The number of aromatic nitrogens is 4. The van der Waals surface area contributed by atoms with Gasteiger partial charge < -0.3 is 25.0 Å². The zero-order valence-corrected chi connectivity index (χ0v) is 16.4. The molecule has 3 rings (SSSR count). The Morgan fingerprint density at radius 2 is 1.89 bits per heavy atom. The van der Waals surface area contributed by atoms with Gasteiger partial charge in [0.1, 0.15) is 18.3 Å². The molecule has 150 valence electrons. The van der Waals surface area contributed by atoms with E-state index in [0.29, 0.717) is 16.4 Å². The summed E-state index contributed by atoms with van der Waals surface area (Å²) in [5.74, 6) is -0.0598. The summed E-state index contributed by atoms with van der Waals surface area (Å²) in [4.78, 5) is 34.1. The van der Waals surface area contributed by atoms with E-state index in [1.54, 1.807) is 12.1 Å². The Balaban J connectivity index is 2.29. The van der Waals surface area contributed by atoms with Crippen molar-refractivity contribution in [2.75, 3.05) is 6.61 Å². The molecule has 0 amide bonds. The molecule has 5 N–H and O–H groups in total. The molecule has 0 saturated carbocycles. The summed E-state index contributed by atoms with van der Waals surface area (Å²) in [6.07, 6.45) is -4.71. The molecule has 2 aliphatic rings. The van der Waals surface area contributed by atoms with Gasteiger partial charge in [0.25, 0.3) is 5.56 Å². The van der Waals surface area contributed by atoms with Gasteiger partial charge in [0.05, 0.1) is 24.2 Å². The predicted molar refractivity (Wildman–Crippen MR) is 104 cm³/mol. The number of hydrogen-bond donors (Lipinski definition) is 5. The molecule has 10 nitrogen and oxygen atoms in total. The van der Waals surface area contributed by atoms with Crippen LogP contribution in [0.5, 0.6) is 0 Å². The molecule has 1 aromatic rings. The number of alkyl halides is 1. The zero-order chi connectivity index (χ0) is 20.6. The number of aliphatic hydroxyl groups excluding tert-OH is 4. The lowest BCUT2D eigenvalue weighted by Crippen LogP contribution is -2.42. The first-order chi connectivity index (χ1) is 13.3. The quantitative estimate of drug-likeness (QED) is 0.230. The molecule has 0 aliphatic carbocycles. The summed E-state index contributed by atoms with van der Waals surface area (Å²) in [6.45, 7) is 0.844. The molecule has 28 heavy (non-hydrogen) atoms. The van der Waals surface area contributed by atoms with Crippen LogP contribution in [0, 0.1) is 6.92 Å². The van der Waals surface area contributed by atoms with Crippen LogP contribution in [0.15, 0.2) is 21.7 Å². The Morgan fingerprint density at radius 1 is 1.18 bits per heavy atom. The molecule has 0 saturated heterocycles. The Labute approximate surface area is 166 Å². The molecule has 0 bridgehead atoms. The highest BCUT2D eigenvalue weighted by Crippen LogP contribution is 2.25. The number of benzene rings is 1. The second-order valence-electron chi connectivity index (χ2n) is 6.47. The van der Waals surface area contributed by atoms with Gasteiger partial charge in [0.15, 0.2) is 11.5 Å². The second kappa shape index (κ2) is 8.05. The number of rotatable bonds is 6. The highest BCUT2D eigenvalue weighted by atomic mass is 79.9. The minimum absolute atomic E-state index is 0.0598. The summed E-state index contributed by atoms with van der Waals surface area (Å²) >= 11 is 3.39. The molecule has 0 unspecified atom stereocenters. The van der Waals surface area contributed by atoms with Crippen molar-refractivity contribution in [2.24, 2.45) is 0 Å². The summed E-state index contributed by atoms with van der Waals surface area (Å²) in [7, 11) is 0. The van der Waals surface area contributed by atoms with Gasteiger partial charge in [-0.15, -0.1) is 0 Å². The van der Waals surface area contributed by atoms with Gasteiger partial charge in [0, 0.05) is 5.33 Å². The first-order valence-electron chi connectivity index (χ1n) is 8.42. The van der Waals surface area contributed by atoms with Crippen LogP contribution in [-0.2, 0) is 11.9 Å². The molecule has 1 aromatic carbocycles. The van der Waals surface area contributed by atoms with Crippen LogP contribution in [0.3, 0.4) is 0 Å². The third-order valence-corrected chi connectivity index (χ3v) is 5.16. The van der Waals surface area contributed by atoms with Crippen molar-refractivity contribution >= 4 is 27.0 Å². The van der Waals surface area contributed by atoms with Crippen LogP contribution < -0.4 is 11.2 Å². The van der Waals surface area contributed by atoms with Crippen molar-refractivity contribution in [1.82, 2.24) is 19.5 Å². The van der Waals surface area contributed by atoms with E-state index in [1.807, 2.05) is 6.92 Å². The molecule has 11 heteroatoms. The number of aliphatic hydroxyl groups is 4. The van der Waals surface area contributed by atoms with Gasteiger partial charge in [-0.05, 0) is 30.2 Å². The van der Waals surface area contributed by atoms with E-state index < -0.39 is 36.2 Å². The second-order valence-corrected chi connectivity index (χ2v) is 7.04. The van der Waals surface area contributed by atoms with Crippen molar-refractivity contribution in [2.45, 2.75) is 37.1 Å². The van der Waals surface area contributed by atoms with Crippen LogP contribution in [0.2, 0.25) is 0 Å². The van der Waals surface area contributed by atoms with Crippen LogP contribution in [-0.4, -0.2) is 64.9 Å². The Hall–Kier alpha value is -2.18. The number of nitrogens with one attached hydrogen (secondary N) is 1. The topological polar surface area (TPSA) is 162 Å². The molecule has 3 atom stereocenters. The number of aryl methyl sites for hydroxylation is 1. The summed E-state index contributed by atoms with van der Waals surface area (Å²) in [5.41, 5.74) is 1.06. The van der Waals surface area contributed by atoms with E-state index in [-0.39, 0.29) is 18.1 Å². The summed E-state index contributed by atoms with van der Waals surface area (Å²) in [6, 6.07) is 3.54. The standard InChI is InChI=1S/C17H19BrN4O6/c1-7-2-9-10(3-8(7)4-18)22(5-11(24)14(26)12(25)6-23)15-13(19-9)16(27)21-17(28)20-15/h2-3,11-12,14,23-26H,4-6H2,1H3,(H,21,27,28)/t11-,12+,14-/m0/s1. The first-order valence-corrected chi connectivity index (χ1v) is 9.54. The average Bonchev–Trinajstić information content (AvgIpc) is 2.66. The van der Waals surface area contributed by atoms with Crippen molar-refractivity contribution < 1.29 is 20.4 Å². The van der Waals surface area contributed by atoms with E-state index in [9.17, 15) is 24.9 Å². The fourth-order valence-electron chi connectivity index (χ4n) is 2.98. The minimum atomic E-state index is -1.65. The molecule has 0 spiro atoms. The molecule has 0 aromatic heterocycles. The number of hydrogen-bond acceptors (Lipinski definition) is 8. The fourth-order valence-corrected chi connectivity index (χ4v) is 3.58. The van der Waals surface area contributed by atoms with Gasteiger partial charge in [0.2, 0.25) is 0 Å². The monoisotopic (exact) mass is 454 g/mol. The molecule has 0 radical (unpaired) electrons. The van der Waals surface area contributed by atoms with E-state index >= 15 is 0 Å². The lowest BCUT2D eigenvalue weighted by atomic mass is 10.1. The third-order valence-electron chi connectivity index (χ3n) is 4.56. The smallest absolute Gasteiger partial charge is 0.349 e. The van der Waals surface area contributed by atoms with E-state index in [4.69, 9.17) is 5.11 Å². The maximum absolute atomic E-state index is 12.2. The van der Waals surface area contributed by atoms with Crippen LogP contribution in [0.1, 0.15) is 11.1 Å². The van der Waals surface area contributed by atoms with Gasteiger partial charge in [-0.3, -0.25) is 9.78 Å². The van der Waals surface area contributed by atoms with E-state index in [2.05, 4.69) is 30.9 Å². The van der Waals surface area contributed by atoms with Gasteiger partial charge in [-0.2, -0.15) is 4.98 Å². The molecule has 0 fully saturated rings. The molecular weight excluding hydrogens is 436 g/mol. The van der Waals surface area contributed by atoms with Gasteiger partial charge in [-0.25, -0.2) is 9.78 Å². The summed E-state index contributed by atoms with van der Waals surface area (Å²) < 4.78 is 1.40. The number of aromatic amines is 1. The maximum Gasteiger partial charge on any atom is 0.349 e. The third kappa shape index (κ3) is 3.71. The van der Waals surface area contributed by atoms with E-state index in [0.717, 1.165) is 11.1 Å². The number of fused-ring (bicyclic) bond motifs is 2. The molecule has 2 aliphatic heterocycles. The summed E-state index contributed by atoms with van der Waals surface area (Å²) in [5, 5.41) is 39.5. The zero-order valence-electron chi connectivity index (χ0n) is 14.8. The number of H-pyrrole nitrogens is 1. The molecular formula is C17H19BrN4O6. The SMILES string of the molecule is Cc1cc2nc3c(=O)[nH]c(=O)nc-3n(C[C@H](O)[C@H](O)[C@H](O)CO)c2cc1CBr. The van der Waals surface area contributed by atoms with Crippen LogP contribution in [0.25, 0.3) is 22.6 Å². The van der Waals surface area contributed by atoms with Crippen LogP contribution >= 0.6 is 15.9 Å². The fraction of sp³-hybridized carbons (Fsp3) is 0.412. The Bertz CT molecular complexity index is 1100. The highest BCUT2D eigenvalue weighted by molar-refractivity contribution is 9.08. The van der Waals surface area contributed by atoms with Crippen molar-refractivity contribution in [3.05, 3.63) is 44.1 Å². The normalized spacial score (nSPS) is 15.1. The Morgan fingerprint density at radius 3 is 2.54 bits per heavy atom. The highest BCUT2D eigenvalue weighted by Gasteiger charge is 2.27. The van der Waals surface area contributed by atoms with Crippen molar-refractivity contribution in [3.63, 3.8) is 0 Å². The average molecular weight is 455 g/mol. The first kappa shape index (κ1) is 20.6. The largest absolute Gasteiger partial charge is 0.394 e. The maximum atomic E-state index is 12.2. The van der Waals surface area contributed by atoms with Gasteiger partial charge in [-0.1, -0.05) is 15.9 Å².